The van der Waals surface area contributed by atoms with E-state index < -0.39 is 6.61 Å². The van der Waals surface area contributed by atoms with Crippen LogP contribution >= 0.6 is 0 Å². The van der Waals surface area contributed by atoms with Gasteiger partial charge in [0.15, 0.2) is 0 Å². The lowest BCUT2D eigenvalue weighted by Gasteiger charge is -2.27. The van der Waals surface area contributed by atoms with Gasteiger partial charge in [-0.3, -0.25) is 4.79 Å². The summed E-state index contributed by atoms with van der Waals surface area (Å²) in [5.74, 6) is 0.502. The van der Waals surface area contributed by atoms with Gasteiger partial charge < -0.3 is 19.7 Å². The number of carbonyl (C=O) groups is 1. The van der Waals surface area contributed by atoms with Crippen molar-refractivity contribution in [1.82, 2.24) is 10.3 Å². The molecule has 1 saturated heterocycles. The first-order chi connectivity index (χ1) is 12.6. The average Bonchev–Trinajstić information content (AvgIpc) is 2.67. The molecule has 0 aliphatic carbocycles. The lowest BCUT2D eigenvalue weighted by Crippen LogP contribution is -2.36. The summed E-state index contributed by atoms with van der Waals surface area (Å²) in [4.78, 5) is 18.7. The van der Waals surface area contributed by atoms with Crippen molar-refractivity contribution < 1.29 is 23.0 Å². The predicted molar refractivity (Wildman–Crippen MR) is 91.5 cm³/mol. The molecular formula is C18H19F2N3O3. The fourth-order valence-electron chi connectivity index (χ4n) is 2.64. The van der Waals surface area contributed by atoms with Crippen molar-refractivity contribution in [1.29, 1.82) is 0 Å². The van der Waals surface area contributed by atoms with Crippen LogP contribution in [0.2, 0.25) is 0 Å². The number of anilines is 1. The summed E-state index contributed by atoms with van der Waals surface area (Å²) in [6, 6.07) is 9.82. The SMILES string of the molecule is O=C(NCc1ccccc1OC(F)F)c1ccc(N2CCOCC2)nc1. The topological polar surface area (TPSA) is 63.7 Å². The maximum absolute atomic E-state index is 12.4. The first-order valence-electron chi connectivity index (χ1n) is 8.23. The van der Waals surface area contributed by atoms with Crippen LogP contribution in [0.4, 0.5) is 14.6 Å². The van der Waals surface area contributed by atoms with Gasteiger partial charge in [0.25, 0.3) is 5.91 Å². The Hall–Kier alpha value is -2.74. The Labute approximate surface area is 149 Å². The zero-order chi connectivity index (χ0) is 18.4. The van der Waals surface area contributed by atoms with E-state index in [1.54, 1.807) is 30.3 Å². The van der Waals surface area contributed by atoms with Gasteiger partial charge in [-0.25, -0.2) is 4.98 Å². The minimum Gasteiger partial charge on any atom is -0.434 e. The third kappa shape index (κ3) is 4.66. The second-order valence-corrected chi connectivity index (χ2v) is 5.67. The molecule has 0 atom stereocenters. The van der Waals surface area contributed by atoms with Gasteiger partial charge in [0.2, 0.25) is 0 Å². The van der Waals surface area contributed by atoms with Crippen molar-refractivity contribution in [3.63, 3.8) is 0 Å². The highest BCUT2D eigenvalue weighted by molar-refractivity contribution is 5.94. The molecule has 1 aromatic carbocycles. The van der Waals surface area contributed by atoms with E-state index in [0.717, 1.165) is 18.9 Å². The number of alkyl halides is 2. The number of pyridine rings is 1. The highest BCUT2D eigenvalue weighted by atomic mass is 19.3. The van der Waals surface area contributed by atoms with Crippen molar-refractivity contribution in [2.75, 3.05) is 31.2 Å². The van der Waals surface area contributed by atoms with E-state index in [1.165, 1.54) is 12.3 Å². The van der Waals surface area contributed by atoms with Crippen LogP contribution in [0, 0.1) is 0 Å². The van der Waals surface area contributed by atoms with Crippen LogP contribution in [0.15, 0.2) is 42.6 Å². The van der Waals surface area contributed by atoms with Crippen molar-refractivity contribution in [3.05, 3.63) is 53.7 Å². The molecule has 8 heteroatoms. The molecule has 0 saturated carbocycles. The van der Waals surface area contributed by atoms with E-state index in [2.05, 4.69) is 19.9 Å². The number of hydrogen-bond donors (Lipinski definition) is 1. The molecule has 1 fully saturated rings. The molecule has 1 aromatic heterocycles. The van der Waals surface area contributed by atoms with Crippen LogP contribution in [0.1, 0.15) is 15.9 Å². The minimum absolute atomic E-state index is 0.0450. The lowest BCUT2D eigenvalue weighted by atomic mass is 10.2. The summed E-state index contributed by atoms with van der Waals surface area (Å²) in [5.41, 5.74) is 0.869. The molecule has 1 aliphatic heterocycles. The fraction of sp³-hybridized carbons (Fsp3) is 0.333. The smallest absolute Gasteiger partial charge is 0.387 e. The van der Waals surface area contributed by atoms with Crippen LogP contribution < -0.4 is 15.0 Å². The highest BCUT2D eigenvalue weighted by Crippen LogP contribution is 2.20. The molecule has 2 aromatic rings. The molecule has 26 heavy (non-hydrogen) atoms. The molecule has 0 radical (unpaired) electrons. The lowest BCUT2D eigenvalue weighted by molar-refractivity contribution is -0.0504. The van der Waals surface area contributed by atoms with Crippen LogP contribution in [0.25, 0.3) is 0 Å². The van der Waals surface area contributed by atoms with E-state index in [-0.39, 0.29) is 18.2 Å². The number of rotatable bonds is 6. The molecule has 2 heterocycles. The molecule has 6 nitrogen and oxygen atoms in total. The van der Waals surface area contributed by atoms with Gasteiger partial charge in [0.1, 0.15) is 11.6 Å². The van der Waals surface area contributed by atoms with E-state index in [4.69, 9.17) is 4.74 Å². The summed E-state index contributed by atoms with van der Waals surface area (Å²) in [6.07, 6.45) is 1.50. The Morgan fingerprint density at radius 2 is 2.00 bits per heavy atom. The van der Waals surface area contributed by atoms with Crippen LogP contribution in [-0.2, 0) is 11.3 Å². The summed E-state index contributed by atoms with van der Waals surface area (Å²) in [5, 5.41) is 2.69. The van der Waals surface area contributed by atoms with Crippen molar-refractivity contribution >= 4 is 11.7 Å². The van der Waals surface area contributed by atoms with Crippen LogP contribution in [-0.4, -0.2) is 43.8 Å². The minimum atomic E-state index is -2.91. The quantitative estimate of drug-likeness (QED) is 0.854. The summed E-state index contributed by atoms with van der Waals surface area (Å²) in [6.45, 7) is 0.00340. The van der Waals surface area contributed by atoms with Crippen molar-refractivity contribution in [2.24, 2.45) is 0 Å². The van der Waals surface area contributed by atoms with E-state index in [0.29, 0.717) is 24.3 Å². The number of nitrogens with zero attached hydrogens (tertiary/aromatic N) is 2. The largest absolute Gasteiger partial charge is 0.434 e. The first kappa shape index (κ1) is 18.1. The highest BCUT2D eigenvalue weighted by Gasteiger charge is 2.14. The van der Waals surface area contributed by atoms with Gasteiger partial charge in [0.05, 0.1) is 18.8 Å². The molecule has 0 spiro atoms. The zero-order valence-corrected chi connectivity index (χ0v) is 14.0. The maximum Gasteiger partial charge on any atom is 0.387 e. The van der Waals surface area contributed by atoms with Gasteiger partial charge in [-0.05, 0) is 18.2 Å². The fourth-order valence-corrected chi connectivity index (χ4v) is 2.64. The summed E-state index contributed by atoms with van der Waals surface area (Å²) in [7, 11) is 0. The standard InChI is InChI=1S/C18H19F2N3O3/c19-18(20)26-15-4-2-1-3-13(15)11-22-17(24)14-5-6-16(21-12-14)23-7-9-25-10-8-23/h1-6,12,18H,7-11H2,(H,22,24). The maximum atomic E-state index is 12.4. The number of benzene rings is 1. The van der Waals surface area contributed by atoms with Gasteiger partial charge in [0, 0.05) is 31.4 Å². The number of nitrogens with one attached hydrogen (secondary N) is 1. The van der Waals surface area contributed by atoms with Crippen molar-refractivity contribution in [2.45, 2.75) is 13.2 Å². The van der Waals surface area contributed by atoms with E-state index >= 15 is 0 Å². The molecule has 1 amide bonds. The predicted octanol–water partition coefficient (Wildman–Crippen LogP) is 2.45. The zero-order valence-electron chi connectivity index (χ0n) is 14.0. The molecule has 1 N–H and O–H groups in total. The first-order valence-corrected chi connectivity index (χ1v) is 8.23. The molecule has 1 aliphatic rings. The Morgan fingerprint density at radius 3 is 2.69 bits per heavy atom. The number of hydrogen-bond acceptors (Lipinski definition) is 5. The Kier molecular flexibility index (Phi) is 5.96. The van der Waals surface area contributed by atoms with Crippen LogP contribution in [0.5, 0.6) is 5.75 Å². The summed E-state index contributed by atoms with van der Waals surface area (Å²) >= 11 is 0. The number of amides is 1. The Morgan fingerprint density at radius 1 is 1.23 bits per heavy atom. The number of ether oxygens (including phenoxy) is 2. The van der Waals surface area contributed by atoms with Gasteiger partial charge in [-0.1, -0.05) is 18.2 Å². The Bertz CT molecular complexity index is 735. The third-order valence-electron chi connectivity index (χ3n) is 3.97. The number of halogens is 2. The van der Waals surface area contributed by atoms with Crippen LogP contribution in [0.3, 0.4) is 0 Å². The van der Waals surface area contributed by atoms with Gasteiger partial charge >= 0.3 is 6.61 Å². The van der Waals surface area contributed by atoms with Gasteiger partial charge in [-0.15, -0.1) is 0 Å². The normalized spacial score (nSPS) is 14.3. The molecular weight excluding hydrogens is 344 g/mol. The van der Waals surface area contributed by atoms with Gasteiger partial charge in [-0.2, -0.15) is 8.78 Å². The molecule has 138 valence electrons. The molecule has 0 unspecified atom stereocenters. The number of carbonyl (C=O) groups excluding carboxylic acids is 1. The molecule has 0 bridgehead atoms. The monoisotopic (exact) mass is 363 g/mol. The Balaban J connectivity index is 1.60. The second-order valence-electron chi connectivity index (χ2n) is 5.67. The summed E-state index contributed by atoms with van der Waals surface area (Å²) < 4.78 is 34.6. The average molecular weight is 363 g/mol. The number of aromatic nitrogens is 1. The molecule has 3 rings (SSSR count). The van der Waals surface area contributed by atoms with E-state index in [9.17, 15) is 13.6 Å². The third-order valence-corrected chi connectivity index (χ3v) is 3.97. The van der Waals surface area contributed by atoms with E-state index in [1.807, 2.05) is 0 Å². The number of morpholine rings is 1. The number of para-hydroxylation sites is 1. The second kappa shape index (κ2) is 8.57. The van der Waals surface area contributed by atoms with Crippen molar-refractivity contribution in [3.8, 4) is 5.75 Å².